The monoisotopic (exact) mass is 952 g/mol. The minimum absolute atomic E-state index is 0. The zero-order chi connectivity index (χ0) is 34.4. The van der Waals surface area contributed by atoms with E-state index in [0.29, 0.717) is 6.61 Å². The quantitative estimate of drug-likeness (QED) is 0.197. The van der Waals surface area contributed by atoms with E-state index in [1.165, 1.54) is 31.8 Å². The third-order valence-electron chi connectivity index (χ3n) is 8.03. The van der Waals surface area contributed by atoms with Crippen molar-refractivity contribution in [1.29, 1.82) is 0 Å². The van der Waals surface area contributed by atoms with Gasteiger partial charge in [0, 0.05) is 6.42 Å². The first-order chi connectivity index (χ1) is 24.7. The van der Waals surface area contributed by atoms with E-state index < -0.39 is 21.8 Å². The normalized spacial score (nSPS) is 10.7. The van der Waals surface area contributed by atoms with E-state index in [4.69, 9.17) is 9.84 Å². The number of fused-ring (bicyclic) bond motifs is 1. The molecule has 7 aromatic rings. The second-order valence-electron chi connectivity index (χ2n) is 11.4. The Balaban J connectivity index is 0.000000213. The molecule has 8 heteroatoms. The molecule has 0 radical (unpaired) electrons. The Hall–Kier alpha value is -3.71. The zero-order valence-corrected chi connectivity index (χ0v) is 35.2. The van der Waals surface area contributed by atoms with Crippen LogP contribution in [0.25, 0.3) is 0 Å². The van der Waals surface area contributed by atoms with Gasteiger partial charge in [0.25, 0.3) is 0 Å². The predicted octanol–water partition coefficient (Wildman–Crippen LogP) is 2.21. The molecule has 53 heavy (non-hydrogen) atoms. The van der Waals surface area contributed by atoms with Crippen molar-refractivity contribution in [3.63, 3.8) is 0 Å². The van der Waals surface area contributed by atoms with Gasteiger partial charge >= 0.3 is 26.4 Å². The SMILES string of the molecule is O=C(O)c1ccc2c(c1)OCC2.[Br-].[Br-].[Pd+2].c1ccc(P(c2ccccc2)c2ccccc2)cc1.c1ccc(P(c2ccccc2)c2ccccc2)cc1. The summed E-state index contributed by atoms with van der Waals surface area (Å²) in [6.45, 7) is 0.665. The summed E-state index contributed by atoms with van der Waals surface area (Å²) in [5, 5.41) is 17.0. The van der Waals surface area contributed by atoms with Gasteiger partial charge < -0.3 is 43.8 Å². The summed E-state index contributed by atoms with van der Waals surface area (Å²) in [5.41, 5.74) is 1.38. The number of carbonyl (C=O) groups is 1. The minimum atomic E-state index is -0.909. The fourth-order valence-corrected chi connectivity index (χ4v) is 10.3. The molecule has 270 valence electrons. The van der Waals surface area contributed by atoms with Crippen LogP contribution >= 0.6 is 15.8 Å². The van der Waals surface area contributed by atoms with Gasteiger partial charge in [-0.05, 0) is 65.4 Å². The average Bonchev–Trinajstić information content (AvgIpc) is 3.67. The Morgan fingerprint density at radius 2 is 0.736 bits per heavy atom. The van der Waals surface area contributed by atoms with E-state index in [2.05, 4.69) is 182 Å². The Kier molecular flexibility index (Phi) is 19.1. The number of rotatable bonds is 7. The molecule has 0 atom stereocenters. The largest absolute Gasteiger partial charge is 2.00 e. The molecule has 0 fully saturated rings. The van der Waals surface area contributed by atoms with Gasteiger partial charge in [-0.2, -0.15) is 0 Å². The molecule has 0 amide bonds. The molecule has 1 aliphatic heterocycles. The van der Waals surface area contributed by atoms with Crippen molar-refractivity contribution in [2.45, 2.75) is 6.42 Å². The molecule has 7 aromatic carbocycles. The number of carboxylic acid groups (broad SMARTS) is 1. The van der Waals surface area contributed by atoms with Crippen LogP contribution in [-0.2, 0) is 26.8 Å². The molecule has 0 aromatic heterocycles. The molecule has 0 saturated heterocycles. The molecular weight excluding hydrogens is 917 g/mol. The molecule has 8 rings (SSSR count). The number of benzene rings is 7. The molecule has 1 aliphatic rings. The maximum Gasteiger partial charge on any atom is 2.00 e. The summed E-state index contributed by atoms with van der Waals surface area (Å²) >= 11 is 0. The van der Waals surface area contributed by atoms with Gasteiger partial charge in [0.15, 0.2) is 0 Å². The first-order valence-corrected chi connectivity index (χ1v) is 19.3. The molecular formula is C45H38Br2O3P2Pd. The van der Waals surface area contributed by atoms with Gasteiger partial charge in [-0.3, -0.25) is 0 Å². The van der Waals surface area contributed by atoms with Crippen LogP contribution in [0.15, 0.2) is 200 Å². The number of hydrogen-bond donors (Lipinski definition) is 1. The third-order valence-corrected chi connectivity index (χ3v) is 12.9. The fourth-order valence-electron chi connectivity index (χ4n) is 5.66. The van der Waals surface area contributed by atoms with Gasteiger partial charge in [0.2, 0.25) is 0 Å². The van der Waals surface area contributed by atoms with Crippen LogP contribution in [0.5, 0.6) is 5.75 Å². The second-order valence-corrected chi connectivity index (χ2v) is 15.9. The fraction of sp³-hybridized carbons (Fsp3) is 0.0444. The van der Waals surface area contributed by atoms with Crippen LogP contribution in [0, 0.1) is 0 Å². The van der Waals surface area contributed by atoms with E-state index in [-0.39, 0.29) is 59.9 Å². The number of halogens is 2. The van der Waals surface area contributed by atoms with Gasteiger partial charge in [-0.25, -0.2) is 4.79 Å². The number of ether oxygens (including phenoxy) is 1. The Morgan fingerprint density at radius 1 is 0.453 bits per heavy atom. The van der Waals surface area contributed by atoms with E-state index in [9.17, 15) is 4.79 Å². The van der Waals surface area contributed by atoms with Crippen LogP contribution in [0.2, 0.25) is 0 Å². The zero-order valence-electron chi connectivity index (χ0n) is 28.7. The number of hydrogen-bond acceptors (Lipinski definition) is 2. The number of aromatic carboxylic acids is 1. The second kappa shape index (κ2) is 23.2. The van der Waals surface area contributed by atoms with Gasteiger partial charge in [-0.15, -0.1) is 0 Å². The smallest absolute Gasteiger partial charge is 1.00 e. The maximum absolute atomic E-state index is 10.5. The Labute approximate surface area is 350 Å². The molecule has 0 bridgehead atoms. The Bertz CT molecular complexity index is 1760. The Morgan fingerprint density at radius 3 is 1.00 bits per heavy atom. The molecule has 0 aliphatic carbocycles. The van der Waals surface area contributed by atoms with Crippen LogP contribution in [0.3, 0.4) is 0 Å². The third kappa shape index (κ3) is 12.4. The summed E-state index contributed by atoms with van der Waals surface area (Å²) < 4.78 is 5.23. The number of carboxylic acids is 1. The molecule has 0 unspecified atom stereocenters. The van der Waals surface area contributed by atoms with Crippen LogP contribution in [-0.4, -0.2) is 17.7 Å². The first kappa shape index (κ1) is 43.7. The summed E-state index contributed by atoms with van der Waals surface area (Å²) in [4.78, 5) is 10.5. The average molecular weight is 955 g/mol. The van der Waals surface area contributed by atoms with Gasteiger partial charge in [0.05, 0.1) is 12.2 Å². The topological polar surface area (TPSA) is 46.5 Å². The van der Waals surface area contributed by atoms with Crippen LogP contribution < -0.4 is 70.5 Å². The summed E-state index contributed by atoms with van der Waals surface area (Å²) in [7, 11) is -0.892. The van der Waals surface area contributed by atoms with Crippen molar-refractivity contribution < 1.29 is 69.0 Å². The van der Waals surface area contributed by atoms with Gasteiger partial charge in [-0.1, -0.05) is 188 Å². The van der Waals surface area contributed by atoms with E-state index in [1.807, 2.05) is 6.07 Å². The van der Waals surface area contributed by atoms with Crippen molar-refractivity contribution in [2.24, 2.45) is 0 Å². The van der Waals surface area contributed by atoms with Crippen molar-refractivity contribution in [3.05, 3.63) is 211 Å². The van der Waals surface area contributed by atoms with E-state index >= 15 is 0 Å². The molecule has 0 spiro atoms. The molecule has 0 saturated carbocycles. The van der Waals surface area contributed by atoms with Crippen LogP contribution in [0.4, 0.5) is 0 Å². The predicted molar refractivity (Wildman–Crippen MR) is 213 cm³/mol. The minimum Gasteiger partial charge on any atom is -1.00 e. The van der Waals surface area contributed by atoms with E-state index in [0.717, 1.165) is 17.7 Å². The summed E-state index contributed by atoms with van der Waals surface area (Å²) in [5.74, 6) is -0.191. The van der Waals surface area contributed by atoms with Crippen molar-refractivity contribution >= 4 is 53.6 Å². The molecule has 1 N–H and O–H groups in total. The van der Waals surface area contributed by atoms with E-state index in [1.54, 1.807) is 12.1 Å². The maximum atomic E-state index is 10.5. The van der Waals surface area contributed by atoms with Crippen molar-refractivity contribution in [2.75, 3.05) is 6.61 Å². The summed E-state index contributed by atoms with van der Waals surface area (Å²) in [6.07, 6.45) is 0.884. The summed E-state index contributed by atoms with van der Waals surface area (Å²) in [6, 6.07) is 69.6. The van der Waals surface area contributed by atoms with Crippen molar-refractivity contribution in [3.8, 4) is 5.75 Å². The first-order valence-electron chi connectivity index (χ1n) is 16.6. The van der Waals surface area contributed by atoms with Crippen molar-refractivity contribution in [1.82, 2.24) is 0 Å². The standard InChI is InChI=1S/2C18H15P.C9H8O3.2BrH.Pd/c2*1-4-10-16(11-5-1)19(17-12-6-2-7-13-17)18-14-8-3-9-15-18;10-9(11)7-2-1-6-3-4-12-8(6)5-7;;;/h2*1-15H;1-2,5H,3-4H2,(H,10,11);2*1H;/q;;;;;+2/p-2. The molecule has 1 heterocycles. The van der Waals surface area contributed by atoms with Crippen LogP contribution in [0.1, 0.15) is 15.9 Å². The molecule has 3 nitrogen and oxygen atoms in total. The van der Waals surface area contributed by atoms with Gasteiger partial charge in [0.1, 0.15) is 5.75 Å².